The Kier molecular flexibility index (Phi) is 5.96. The Bertz CT molecular complexity index is 448. The minimum Gasteiger partial charge on any atom is -0.493 e. The molecule has 0 aliphatic carbocycles. The number of aliphatic imine (C=N–C) groups is 1. The Morgan fingerprint density at radius 2 is 1.65 bits per heavy atom. The summed E-state index contributed by atoms with van der Waals surface area (Å²) in [5.41, 5.74) is 1.02. The predicted octanol–water partition coefficient (Wildman–Crippen LogP) is 1.35. The molecule has 0 fully saturated rings. The molecule has 6 heteroatoms. The van der Waals surface area contributed by atoms with Crippen molar-refractivity contribution in [2.45, 2.75) is 6.54 Å². The van der Waals surface area contributed by atoms with Crippen LogP contribution >= 0.6 is 0 Å². The zero-order valence-electron chi connectivity index (χ0n) is 13.0. The van der Waals surface area contributed by atoms with Crippen molar-refractivity contribution in [3.05, 3.63) is 17.7 Å². The molecular weight excluding hydrogens is 258 g/mol. The van der Waals surface area contributed by atoms with E-state index in [1.165, 1.54) is 0 Å². The monoisotopic (exact) mass is 281 g/mol. The molecule has 0 spiro atoms. The highest BCUT2D eigenvalue weighted by Gasteiger charge is 2.13. The van der Waals surface area contributed by atoms with Crippen LogP contribution in [0.25, 0.3) is 0 Å². The molecule has 0 bridgehead atoms. The van der Waals surface area contributed by atoms with E-state index in [1.807, 2.05) is 31.1 Å². The first kappa shape index (κ1) is 15.9. The Labute approximate surface area is 120 Å². The first-order valence-electron chi connectivity index (χ1n) is 6.24. The summed E-state index contributed by atoms with van der Waals surface area (Å²) in [6.45, 7) is 0.613. The molecule has 6 nitrogen and oxygen atoms in total. The molecule has 1 aromatic carbocycles. The van der Waals surface area contributed by atoms with Gasteiger partial charge < -0.3 is 24.4 Å². The number of rotatable bonds is 5. The molecule has 1 N–H and O–H groups in total. The number of nitrogens with zero attached hydrogens (tertiary/aromatic N) is 2. The van der Waals surface area contributed by atoms with E-state index < -0.39 is 0 Å². The molecule has 1 rings (SSSR count). The molecular formula is C14H23N3O3. The summed E-state index contributed by atoms with van der Waals surface area (Å²) in [6.07, 6.45) is 0. The van der Waals surface area contributed by atoms with Crippen molar-refractivity contribution in [1.29, 1.82) is 0 Å². The summed E-state index contributed by atoms with van der Waals surface area (Å²) in [5.74, 6) is 2.68. The Morgan fingerprint density at radius 3 is 2.00 bits per heavy atom. The number of hydrogen-bond acceptors (Lipinski definition) is 4. The van der Waals surface area contributed by atoms with Gasteiger partial charge in [-0.15, -0.1) is 0 Å². The maximum atomic E-state index is 5.33. The third-order valence-corrected chi connectivity index (χ3v) is 2.81. The molecule has 112 valence electrons. The molecule has 0 unspecified atom stereocenters. The SMILES string of the molecule is CN=C(NCc1cc(OC)c(OC)c(OC)c1)N(C)C. The fourth-order valence-electron chi connectivity index (χ4n) is 1.86. The van der Waals surface area contributed by atoms with E-state index in [0.717, 1.165) is 11.5 Å². The van der Waals surface area contributed by atoms with Crippen LogP contribution in [0.2, 0.25) is 0 Å². The molecule has 1 aromatic rings. The highest BCUT2D eigenvalue weighted by molar-refractivity contribution is 5.79. The average Bonchev–Trinajstić information content (AvgIpc) is 2.46. The number of benzene rings is 1. The van der Waals surface area contributed by atoms with Crippen molar-refractivity contribution < 1.29 is 14.2 Å². The standard InChI is InChI=1S/C14H23N3O3/c1-15-14(17(2)3)16-9-10-7-11(18-4)13(20-6)12(8-10)19-5/h7-8H,9H2,1-6H3,(H,15,16). The van der Waals surface area contributed by atoms with E-state index in [1.54, 1.807) is 28.4 Å². The van der Waals surface area contributed by atoms with Gasteiger partial charge in [0.1, 0.15) is 0 Å². The highest BCUT2D eigenvalue weighted by Crippen LogP contribution is 2.38. The Balaban J connectivity index is 2.96. The lowest BCUT2D eigenvalue weighted by Gasteiger charge is -2.18. The summed E-state index contributed by atoms with van der Waals surface area (Å²) in [7, 11) is 10.4. The lowest BCUT2D eigenvalue weighted by atomic mass is 10.2. The number of methoxy groups -OCH3 is 3. The normalized spacial score (nSPS) is 11.0. The van der Waals surface area contributed by atoms with Crippen LogP contribution in [0.5, 0.6) is 17.2 Å². The summed E-state index contributed by atoms with van der Waals surface area (Å²) in [5, 5.41) is 3.25. The van der Waals surface area contributed by atoms with Crippen LogP contribution in [0.3, 0.4) is 0 Å². The topological polar surface area (TPSA) is 55.3 Å². The van der Waals surface area contributed by atoms with Gasteiger partial charge >= 0.3 is 0 Å². The van der Waals surface area contributed by atoms with Gasteiger partial charge in [-0.05, 0) is 17.7 Å². The van der Waals surface area contributed by atoms with Crippen LogP contribution in [0.4, 0.5) is 0 Å². The molecule has 20 heavy (non-hydrogen) atoms. The lowest BCUT2D eigenvalue weighted by molar-refractivity contribution is 0.323. The number of hydrogen-bond donors (Lipinski definition) is 1. The van der Waals surface area contributed by atoms with Gasteiger partial charge in [0.15, 0.2) is 17.5 Å². The third kappa shape index (κ3) is 3.69. The van der Waals surface area contributed by atoms with Crippen molar-refractivity contribution in [2.75, 3.05) is 42.5 Å². The second-order valence-corrected chi connectivity index (χ2v) is 4.33. The zero-order chi connectivity index (χ0) is 15.1. The summed E-state index contributed by atoms with van der Waals surface area (Å²) >= 11 is 0. The smallest absolute Gasteiger partial charge is 0.203 e. The van der Waals surface area contributed by atoms with Crippen LogP contribution in [0.1, 0.15) is 5.56 Å². The maximum Gasteiger partial charge on any atom is 0.203 e. The second-order valence-electron chi connectivity index (χ2n) is 4.33. The van der Waals surface area contributed by atoms with E-state index in [2.05, 4.69) is 10.3 Å². The highest BCUT2D eigenvalue weighted by atomic mass is 16.5. The first-order valence-corrected chi connectivity index (χ1v) is 6.24. The van der Waals surface area contributed by atoms with E-state index in [9.17, 15) is 0 Å². The van der Waals surface area contributed by atoms with Gasteiger partial charge in [-0.1, -0.05) is 0 Å². The Hall–Kier alpha value is -2.11. The molecule has 0 amide bonds. The molecule has 0 saturated heterocycles. The van der Waals surface area contributed by atoms with Crippen molar-refractivity contribution in [1.82, 2.24) is 10.2 Å². The average molecular weight is 281 g/mol. The van der Waals surface area contributed by atoms with E-state index in [-0.39, 0.29) is 0 Å². The molecule has 0 aliphatic heterocycles. The third-order valence-electron chi connectivity index (χ3n) is 2.81. The summed E-state index contributed by atoms with van der Waals surface area (Å²) in [6, 6.07) is 3.83. The largest absolute Gasteiger partial charge is 0.493 e. The number of ether oxygens (including phenoxy) is 3. The van der Waals surface area contributed by atoms with Crippen molar-refractivity contribution in [3.8, 4) is 17.2 Å². The van der Waals surface area contributed by atoms with Crippen LogP contribution in [-0.2, 0) is 6.54 Å². The van der Waals surface area contributed by atoms with Gasteiger partial charge in [-0.2, -0.15) is 0 Å². The summed E-state index contributed by atoms with van der Waals surface area (Å²) < 4.78 is 15.9. The number of nitrogens with one attached hydrogen (secondary N) is 1. The second kappa shape index (κ2) is 7.47. The Morgan fingerprint density at radius 1 is 1.10 bits per heavy atom. The van der Waals surface area contributed by atoms with Crippen molar-refractivity contribution in [2.24, 2.45) is 4.99 Å². The molecule has 0 aromatic heterocycles. The van der Waals surface area contributed by atoms with E-state index in [0.29, 0.717) is 23.8 Å². The number of guanidine groups is 1. The lowest BCUT2D eigenvalue weighted by Crippen LogP contribution is -2.35. The molecule has 0 atom stereocenters. The zero-order valence-corrected chi connectivity index (χ0v) is 13.0. The van der Waals surface area contributed by atoms with Gasteiger partial charge in [0, 0.05) is 27.7 Å². The van der Waals surface area contributed by atoms with Crippen LogP contribution < -0.4 is 19.5 Å². The molecule has 0 aliphatic rings. The van der Waals surface area contributed by atoms with Crippen molar-refractivity contribution in [3.63, 3.8) is 0 Å². The van der Waals surface area contributed by atoms with Gasteiger partial charge in [-0.3, -0.25) is 4.99 Å². The predicted molar refractivity (Wildman–Crippen MR) is 80.0 cm³/mol. The minimum absolute atomic E-state index is 0.593. The molecule has 0 saturated carbocycles. The van der Waals surface area contributed by atoms with Crippen molar-refractivity contribution >= 4 is 5.96 Å². The fraction of sp³-hybridized carbons (Fsp3) is 0.500. The molecule has 0 radical (unpaired) electrons. The van der Waals surface area contributed by atoms with Crippen LogP contribution in [0, 0.1) is 0 Å². The van der Waals surface area contributed by atoms with Crippen LogP contribution in [0.15, 0.2) is 17.1 Å². The maximum absolute atomic E-state index is 5.33. The van der Waals surface area contributed by atoms with Gasteiger partial charge in [0.05, 0.1) is 21.3 Å². The molecule has 0 heterocycles. The fourth-order valence-corrected chi connectivity index (χ4v) is 1.86. The van der Waals surface area contributed by atoms with Crippen LogP contribution in [-0.4, -0.2) is 53.3 Å². The van der Waals surface area contributed by atoms with E-state index in [4.69, 9.17) is 14.2 Å². The summed E-state index contributed by atoms with van der Waals surface area (Å²) in [4.78, 5) is 6.08. The first-order chi connectivity index (χ1) is 9.57. The van der Waals surface area contributed by atoms with Gasteiger partial charge in [0.2, 0.25) is 5.75 Å². The minimum atomic E-state index is 0.593. The van der Waals surface area contributed by atoms with E-state index >= 15 is 0 Å². The quantitative estimate of drug-likeness (QED) is 0.652. The van der Waals surface area contributed by atoms with Gasteiger partial charge in [0.25, 0.3) is 0 Å². The van der Waals surface area contributed by atoms with Gasteiger partial charge in [-0.25, -0.2) is 0 Å².